The molecule has 0 radical (unpaired) electrons. The van der Waals surface area contributed by atoms with E-state index in [4.69, 9.17) is 0 Å². The van der Waals surface area contributed by atoms with Gasteiger partial charge in [-0.2, -0.15) is 0 Å². The number of rotatable bonds is 1. The van der Waals surface area contributed by atoms with Crippen molar-refractivity contribution in [3.63, 3.8) is 0 Å². The lowest BCUT2D eigenvalue weighted by atomic mass is 9.95. The molecule has 0 aliphatic rings. The zero-order valence-electron chi connectivity index (χ0n) is 10.2. The predicted octanol–water partition coefficient (Wildman–Crippen LogP) is 2.87. The van der Waals surface area contributed by atoms with Crippen molar-refractivity contribution in [2.45, 2.75) is 33.1 Å². The number of hydrogen-bond acceptors (Lipinski definition) is 2. The molecule has 0 aliphatic heterocycles. The second-order valence-corrected chi connectivity index (χ2v) is 4.99. The monoisotopic (exact) mass is 215 g/mol. The molecule has 3 heteroatoms. The average molecular weight is 215 g/mol. The molecule has 1 heterocycles. The first-order valence-corrected chi connectivity index (χ1v) is 5.48. The van der Waals surface area contributed by atoms with Crippen molar-refractivity contribution in [2.75, 3.05) is 0 Å². The fourth-order valence-corrected chi connectivity index (χ4v) is 1.73. The smallest absolute Gasteiger partial charge is 0.143 e. The Kier molecular flexibility index (Phi) is 2.54. The SMILES string of the molecule is Cc1nnc(C(C)(C)C)n1-c1ccccc1. The van der Waals surface area contributed by atoms with Crippen LogP contribution in [-0.4, -0.2) is 14.8 Å². The van der Waals surface area contributed by atoms with Gasteiger partial charge in [-0.25, -0.2) is 0 Å². The first-order valence-electron chi connectivity index (χ1n) is 5.48. The summed E-state index contributed by atoms with van der Waals surface area (Å²) in [7, 11) is 0. The maximum Gasteiger partial charge on any atom is 0.143 e. The van der Waals surface area contributed by atoms with Gasteiger partial charge in [0.25, 0.3) is 0 Å². The third-order valence-corrected chi connectivity index (χ3v) is 2.51. The van der Waals surface area contributed by atoms with Gasteiger partial charge >= 0.3 is 0 Å². The molecule has 0 unspecified atom stereocenters. The summed E-state index contributed by atoms with van der Waals surface area (Å²) in [5.74, 6) is 1.92. The van der Waals surface area contributed by atoms with Crippen LogP contribution >= 0.6 is 0 Å². The van der Waals surface area contributed by atoms with Gasteiger partial charge in [-0.15, -0.1) is 10.2 Å². The van der Waals surface area contributed by atoms with Crippen LogP contribution in [0.5, 0.6) is 0 Å². The molecule has 0 amide bonds. The minimum absolute atomic E-state index is 0.00288. The van der Waals surface area contributed by atoms with Crippen LogP contribution in [0.4, 0.5) is 0 Å². The van der Waals surface area contributed by atoms with Gasteiger partial charge in [0, 0.05) is 11.1 Å². The van der Waals surface area contributed by atoms with Gasteiger partial charge in [0.15, 0.2) is 0 Å². The summed E-state index contributed by atoms with van der Waals surface area (Å²) in [4.78, 5) is 0. The Morgan fingerprint density at radius 1 is 1.00 bits per heavy atom. The Morgan fingerprint density at radius 2 is 1.62 bits per heavy atom. The second-order valence-electron chi connectivity index (χ2n) is 4.99. The standard InChI is InChI=1S/C13H17N3/c1-10-14-15-12(13(2,3)4)16(10)11-8-6-5-7-9-11/h5-9H,1-4H3. The minimum atomic E-state index is -0.00288. The Morgan fingerprint density at radius 3 is 2.19 bits per heavy atom. The molecule has 16 heavy (non-hydrogen) atoms. The number of benzene rings is 1. The molecular formula is C13H17N3. The van der Waals surface area contributed by atoms with Crippen LogP contribution in [0.1, 0.15) is 32.4 Å². The lowest BCUT2D eigenvalue weighted by Crippen LogP contribution is -2.18. The summed E-state index contributed by atoms with van der Waals surface area (Å²) in [5, 5.41) is 8.45. The second kappa shape index (κ2) is 3.74. The van der Waals surface area contributed by atoms with Crippen LogP contribution in [0.3, 0.4) is 0 Å². The van der Waals surface area contributed by atoms with Crippen molar-refractivity contribution in [3.8, 4) is 5.69 Å². The molecule has 2 aromatic rings. The quantitative estimate of drug-likeness (QED) is 0.732. The molecule has 0 saturated heterocycles. The Hall–Kier alpha value is -1.64. The van der Waals surface area contributed by atoms with Crippen LogP contribution in [0.15, 0.2) is 30.3 Å². The molecule has 84 valence electrons. The Bertz CT molecular complexity index is 478. The van der Waals surface area contributed by atoms with E-state index in [0.29, 0.717) is 0 Å². The highest BCUT2D eigenvalue weighted by Gasteiger charge is 2.23. The van der Waals surface area contributed by atoms with E-state index in [1.165, 1.54) is 0 Å². The largest absolute Gasteiger partial charge is 0.283 e. The van der Waals surface area contributed by atoms with Crippen LogP contribution in [0.2, 0.25) is 0 Å². The number of aryl methyl sites for hydroxylation is 1. The Labute approximate surface area is 96.1 Å². The molecule has 0 aliphatic carbocycles. The van der Waals surface area contributed by atoms with E-state index in [-0.39, 0.29) is 5.41 Å². The normalized spacial score (nSPS) is 11.8. The van der Waals surface area contributed by atoms with E-state index < -0.39 is 0 Å². The average Bonchev–Trinajstić information content (AvgIpc) is 2.61. The van der Waals surface area contributed by atoms with Gasteiger partial charge in [0.05, 0.1) is 0 Å². The molecule has 0 saturated carbocycles. The summed E-state index contributed by atoms with van der Waals surface area (Å²) in [5.41, 5.74) is 1.12. The van der Waals surface area contributed by atoms with Crippen LogP contribution in [0.25, 0.3) is 5.69 Å². The van der Waals surface area contributed by atoms with Crippen LogP contribution in [0, 0.1) is 6.92 Å². The maximum atomic E-state index is 4.28. The third kappa shape index (κ3) is 1.85. The van der Waals surface area contributed by atoms with Crippen molar-refractivity contribution >= 4 is 0 Å². The van der Waals surface area contributed by atoms with Crippen molar-refractivity contribution in [1.82, 2.24) is 14.8 Å². The third-order valence-electron chi connectivity index (χ3n) is 2.51. The van der Waals surface area contributed by atoms with Gasteiger partial charge in [0.1, 0.15) is 11.6 Å². The molecule has 0 spiro atoms. The van der Waals surface area contributed by atoms with E-state index in [9.17, 15) is 0 Å². The first kappa shape index (κ1) is 10.9. The molecule has 0 atom stereocenters. The zero-order chi connectivity index (χ0) is 11.8. The molecule has 0 bridgehead atoms. The Balaban J connectivity index is 2.61. The van der Waals surface area contributed by atoms with Gasteiger partial charge in [-0.05, 0) is 19.1 Å². The molecule has 2 rings (SSSR count). The van der Waals surface area contributed by atoms with Gasteiger partial charge in [-0.1, -0.05) is 39.0 Å². The molecule has 0 N–H and O–H groups in total. The number of nitrogens with zero attached hydrogens (tertiary/aromatic N) is 3. The molecule has 0 fully saturated rings. The highest BCUT2D eigenvalue weighted by molar-refractivity contribution is 5.34. The van der Waals surface area contributed by atoms with Gasteiger partial charge in [0.2, 0.25) is 0 Å². The van der Waals surface area contributed by atoms with E-state index in [1.54, 1.807) is 0 Å². The lowest BCUT2D eigenvalue weighted by molar-refractivity contribution is 0.532. The minimum Gasteiger partial charge on any atom is -0.283 e. The van der Waals surface area contributed by atoms with Gasteiger partial charge < -0.3 is 0 Å². The highest BCUT2D eigenvalue weighted by atomic mass is 15.3. The van der Waals surface area contributed by atoms with Gasteiger partial charge in [-0.3, -0.25) is 4.57 Å². The molecule has 3 nitrogen and oxygen atoms in total. The summed E-state index contributed by atoms with van der Waals surface area (Å²) >= 11 is 0. The maximum absolute atomic E-state index is 4.28. The molecular weight excluding hydrogens is 198 g/mol. The van der Waals surface area contributed by atoms with Crippen LogP contribution < -0.4 is 0 Å². The topological polar surface area (TPSA) is 30.7 Å². The van der Waals surface area contributed by atoms with Crippen molar-refractivity contribution in [3.05, 3.63) is 42.0 Å². The van der Waals surface area contributed by atoms with Crippen molar-refractivity contribution in [2.24, 2.45) is 0 Å². The van der Waals surface area contributed by atoms with Crippen molar-refractivity contribution in [1.29, 1.82) is 0 Å². The summed E-state index contributed by atoms with van der Waals surface area (Å²) in [6, 6.07) is 10.2. The molecule has 1 aromatic carbocycles. The fraction of sp³-hybridized carbons (Fsp3) is 0.385. The van der Waals surface area contributed by atoms with E-state index in [2.05, 4.69) is 47.7 Å². The zero-order valence-corrected chi connectivity index (χ0v) is 10.2. The first-order chi connectivity index (χ1) is 7.50. The van der Waals surface area contributed by atoms with E-state index >= 15 is 0 Å². The number of para-hydroxylation sites is 1. The number of aromatic nitrogens is 3. The summed E-state index contributed by atoms with van der Waals surface area (Å²) in [6.07, 6.45) is 0. The fourth-order valence-electron chi connectivity index (χ4n) is 1.73. The summed E-state index contributed by atoms with van der Waals surface area (Å²) < 4.78 is 2.11. The number of hydrogen-bond donors (Lipinski definition) is 0. The van der Waals surface area contributed by atoms with Crippen LogP contribution in [-0.2, 0) is 5.41 Å². The van der Waals surface area contributed by atoms with E-state index in [1.807, 2.05) is 25.1 Å². The molecule has 1 aromatic heterocycles. The lowest BCUT2D eigenvalue weighted by Gasteiger charge is -2.19. The highest BCUT2D eigenvalue weighted by Crippen LogP contribution is 2.24. The van der Waals surface area contributed by atoms with Crippen molar-refractivity contribution < 1.29 is 0 Å². The van der Waals surface area contributed by atoms with E-state index in [0.717, 1.165) is 17.3 Å². The predicted molar refractivity (Wildman–Crippen MR) is 64.8 cm³/mol. The summed E-state index contributed by atoms with van der Waals surface area (Å²) in [6.45, 7) is 8.43.